The molecule has 2 heterocycles. The zero-order chi connectivity index (χ0) is 22.2. The molecule has 1 aliphatic heterocycles. The number of pyridine rings is 1. The maximum Gasteiger partial charge on any atom is 0.335 e. The highest BCUT2D eigenvalue weighted by atomic mass is 16.5. The zero-order valence-corrected chi connectivity index (χ0v) is 18.8. The predicted molar refractivity (Wildman–Crippen MR) is 123 cm³/mol. The number of aromatic carboxylic acids is 1. The van der Waals surface area contributed by atoms with Crippen molar-refractivity contribution in [2.75, 3.05) is 19.7 Å². The van der Waals surface area contributed by atoms with Crippen molar-refractivity contribution >= 4 is 5.97 Å². The van der Waals surface area contributed by atoms with Gasteiger partial charge in [0, 0.05) is 43.5 Å². The fourth-order valence-electron chi connectivity index (χ4n) is 5.09. The number of carboxylic acids is 1. The van der Waals surface area contributed by atoms with E-state index in [-0.39, 0.29) is 17.2 Å². The molecule has 32 heavy (non-hydrogen) atoms. The molecule has 0 amide bonds. The summed E-state index contributed by atoms with van der Waals surface area (Å²) in [7, 11) is 0. The normalized spacial score (nSPS) is 19.8. The minimum Gasteiger partial charge on any atom is -0.494 e. The van der Waals surface area contributed by atoms with E-state index in [0.29, 0.717) is 6.61 Å². The summed E-state index contributed by atoms with van der Waals surface area (Å²) in [5, 5.41) is 9.09. The maximum absolute atomic E-state index is 12.4. The van der Waals surface area contributed by atoms with Crippen LogP contribution in [0.4, 0.5) is 0 Å². The molecule has 2 aromatic rings. The van der Waals surface area contributed by atoms with E-state index in [0.717, 1.165) is 50.1 Å². The first-order valence-corrected chi connectivity index (χ1v) is 12.0. The van der Waals surface area contributed by atoms with Crippen LogP contribution in [0.25, 0.3) is 0 Å². The second-order valence-electron chi connectivity index (χ2n) is 9.54. The average Bonchev–Trinajstić information content (AvgIpc) is 3.69. The van der Waals surface area contributed by atoms with Gasteiger partial charge >= 0.3 is 5.97 Å². The maximum atomic E-state index is 12.4. The Labute approximate surface area is 188 Å². The van der Waals surface area contributed by atoms with Gasteiger partial charge in [0.2, 0.25) is 0 Å². The Morgan fingerprint density at radius 1 is 1.03 bits per heavy atom. The van der Waals surface area contributed by atoms with Crippen LogP contribution in [0.15, 0.2) is 35.3 Å². The van der Waals surface area contributed by atoms with Gasteiger partial charge in [0.1, 0.15) is 5.75 Å². The number of rotatable bonds is 8. The van der Waals surface area contributed by atoms with Gasteiger partial charge < -0.3 is 14.4 Å². The highest BCUT2D eigenvalue weighted by Crippen LogP contribution is 2.51. The van der Waals surface area contributed by atoms with Gasteiger partial charge in [-0.15, -0.1) is 0 Å². The van der Waals surface area contributed by atoms with Crippen molar-refractivity contribution in [2.45, 2.75) is 69.9 Å². The topological polar surface area (TPSA) is 71.8 Å². The number of carbonyl (C=O) groups is 1. The third-order valence-corrected chi connectivity index (χ3v) is 7.14. The molecule has 5 rings (SSSR count). The molecule has 3 aliphatic rings. The van der Waals surface area contributed by atoms with Gasteiger partial charge in [-0.3, -0.25) is 9.69 Å². The van der Waals surface area contributed by atoms with Crippen LogP contribution in [0.3, 0.4) is 0 Å². The number of hydrogen-bond acceptors (Lipinski definition) is 4. The Bertz CT molecular complexity index is 1060. The first-order chi connectivity index (χ1) is 15.5. The summed E-state index contributed by atoms with van der Waals surface area (Å²) < 4.78 is 7.77. The highest BCUT2D eigenvalue weighted by molar-refractivity contribution is 5.87. The molecule has 1 N–H and O–H groups in total. The number of hydrogen-bond donors (Lipinski definition) is 1. The Kier molecular flexibility index (Phi) is 5.80. The molecule has 170 valence electrons. The van der Waals surface area contributed by atoms with Crippen molar-refractivity contribution in [3.8, 4) is 5.75 Å². The summed E-state index contributed by atoms with van der Waals surface area (Å²) in [6.45, 7) is 5.42. The molecule has 6 nitrogen and oxygen atoms in total. The molecule has 0 unspecified atom stereocenters. The van der Waals surface area contributed by atoms with Crippen molar-refractivity contribution in [2.24, 2.45) is 0 Å². The molecule has 1 saturated heterocycles. The molecule has 1 aromatic carbocycles. The predicted octanol–water partition coefficient (Wildman–Crippen LogP) is 4.54. The SMILES string of the molecule is CCOc1cc(C2CC2)c(C2CC2)cc1CN1CCC(n2ccc(C(=O)O)cc2=O)CC1. The summed E-state index contributed by atoms with van der Waals surface area (Å²) in [5.74, 6) is 1.46. The van der Waals surface area contributed by atoms with E-state index >= 15 is 0 Å². The minimum atomic E-state index is -1.06. The Hall–Kier alpha value is -2.60. The van der Waals surface area contributed by atoms with E-state index in [9.17, 15) is 9.59 Å². The van der Waals surface area contributed by atoms with Crippen LogP contribution >= 0.6 is 0 Å². The van der Waals surface area contributed by atoms with Gasteiger partial charge in [0.25, 0.3) is 5.56 Å². The number of ether oxygens (including phenoxy) is 1. The van der Waals surface area contributed by atoms with Crippen LogP contribution in [0, 0.1) is 0 Å². The van der Waals surface area contributed by atoms with Crippen molar-refractivity contribution in [3.63, 3.8) is 0 Å². The van der Waals surface area contributed by atoms with E-state index in [2.05, 4.69) is 17.0 Å². The van der Waals surface area contributed by atoms with Crippen LogP contribution in [0.2, 0.25) is 0 Å². The van der Waals surface area contributed by atoms with Crippen LogP contribution in [-0.2, 0) is 6.54 Å². The number of likely N-dealkylation sites (tertiary alicyclic amines) is 1. The van der Waals surface area contributed by atoms with Crippen molar-refractivity contribution < 1.29 is 14.6 Å². The van der Waals surface area contributed by atoms with Crippen LogP contribution in [0.1, 0.15) is 90.4 Å². The fourth-order valence-corrected chi connectivity index (χ4v) is 5.09. The van der Waals surface area contributed by atoms with Crippen molar-refractivity contribution in [1.29, 1.82) is 0 Å². The number of benzene rings is 1. The number of piperidine rings is 1. The first kappa shape index (κ1) is 21.3. The Morgan fingerprint density at radius 2 is 1.69 bits per heavy atom. The fraction of sp³-hybridized carbons (Fsp3) is 0.538. The molecule has 0 atom stereocenters. The van der Waals surface area contributed by atoms with Crippen molar-refractivity contribution in [3.05, 3.63) is 63.1 Å². The molecular weight excluding hydrogens is 404 g/mol. The van der Waals surface area contributed by atoms with Gasteiger partial charge in [0.15, 0.2) is 0 Å². The van der Waals surface area contributed by atoms with Crippen LogP contribution in [0.5, 0.6) is 5.75 Å². The van der Waals surface area contributed by atoms with Gasteiger partial charge in [-0.2, -0.15) is 0 Å². The molecule has 0 spiro atoms. The van der Waals surface area contributed by atoms with Gasteiger partial charge in [-0.05, 0) is 80.5 Å². The molecular formula is C26H32N2O4. The number of nitrogens with zero attached hydrogens (tertiary/aromatic N) is 2. The van der Waals surface area contributed by atoms with Crippen molar-refractivity contribution in [1.82, 2.24) is 9.47 Å². The number of aromatic nitrogens is 1. The monoisotopic (exact) mass is 436 g/mol. The second-order valence-corrected chi connectivity index (χ2v) is 9.54. The molecule has 0 bridgehead atoms. The average molecular weight is 437 g/mol. The molecule has 3 fully saturated rings. The summed E-state index contributed by atoms with van der Waals surface area (Å²) in [6.07, 6.45) is 8.65. The smallest absolute Gasteiger partial charge is 0.335 e. The molecule has 2 aliphatic carbocycles. The Morgan fingerprint density at radius 3 is 2.25 bits per heavy atom. The van der Waals surface area contributed by atoms with E-state index in [1.807, 2.05) is 6.92 Å². The van der Waals surface area contributed by atoms with Crippen LogP contribution in [-0.4, -0.2) is 40.2 Å². The summed E-state index contributed by atoms with van der Waals surface area (Å²) in [6, 6.07) is 7.62. The Balaban J connectivity index is 1.29. The standard InChI is InChI=1S/C26H32N2O4/c1-2-32-24-15-23(18-5-6-18)22(17-3-4-17)13-20(24)16-27-10-8-21(9-11-27)28-12-7-19(26(30)31)14-25(28)29/h7,12-15,17-18,21H,2-6,8-11,16H2,1H3,(H,30,31). The summed E-state index contributed by atoms with van der Waals surface area (Å²) in [5.41, 5.74) is 4.20. The summed E-state index contributed by atoms with van der Waals surface area (Å²) in [4.78, 5) is 26.0. The third-order valence-electron chi connectivity index (χ3n) is 7.14. The largest absolute Gasteiger partial charge is 0.494 e. The summed E-state index contributed by atoms with van der Waals surface area (Å²) >= 11 is 0. The highest BCUT2D eigenvalue weighted by Gasteiger charge is 2.34. The van der Waals surface area contributed by atoms with Gasteiger partial charge in [-0.25, -0.2) is 4.79 Å². The molecule has 1 aromatic heterocycles. The lowest BCUT2D eigenvalue weighted by Gasteiger charge is -2.33. The van der Waals surface area contributed by atoms with E-state index in [1.165, 1.54) is 48.9 Å². The second kappa shape index (κ2) is 8.74. The lowest BCUT2D eigenvalue weighted by atomic mass is 9.95. The minimum absolute atomic E-state index is 0.0493. The lowest BCUT2D eigenvalue weighted by molar-refractivity contribution is 0.0696. The van der Waals surface area contributed by atoms with E-state index in [1.54, 1.807) is 16.3 Å². The lowest BCUT2D eigenvalue weighted by Crippen LogP contribution is -2.37. The molecule has 6 heteroatoms. The van der Waals surface area contributed by atoms with Gasteiger partial charge in [-0.1, -0.05) is 6.07 Å². The quantitative estimate of drug-likeness (QED) is 0.658. The van der Waals surface area contributed by atoms with E-state index in [4.69, 9.17) is 9.84 Å². The van der Waals surface area contributed by atoms with Crippen LogP contribution < -0.4 is 10.3 Å². The third kappa shape index (κ3) is 4.46. The van der Waals surface area contributed by atoms with E-state index < -0.39 is 5.97 Å². The molecule has 2 saturated carbocycles. The zero-order valence-electron chi connectivity index (χ0n) is 18.8. The number of carboxylic acid groups (broad SMARTS) is 1. The molecule has 0 radical (unpaired) electrons. The van der Waals surface area contributed by atoms with Gasteiger partial charge in [0.05, 0.1) is 12.2 Å². The first-order valence-electron chi connectivity index (χ1n) is 12.0.